The Labute approximate surface area is 116 Å². The average Bonchev–Trinajstić information content (AvgIpc) is 2.41. The molecular weight excluding hydrogens is 234 g/mol. The smallest absolute Gasteiger partial charge is 0.144 e. The molecule has 0 bridgehead atoms. The zero-order valence-corrected chi connectivity index (χ0v) is 11.9. The van der Waals surface area contributed by atoms with Crippen LogP contribution >= 0.6 is 0 Å². The van der Waals surface area contributed by atoms with Crippen molar-refractivity contribution in [1.29, 1.82) is 5.26 Å². The lowest BCUT2D eigenvalue weighted by molar-refractivity contribution is 0.178. The second-order valence-corrected chi connectivity index (χ2v) is 5.63. The molecule has 3 nitrogen and oxygen atoms in total. The van der Waals surface area contributed by atoms with Gasteiger partial charge in [0.1, 0.15) is 5.54 Å². The van der Waals surface area contributed by atoms with E-state index in [0.29, 0.717) is 0 Å². The highest BCUT2D eigenvalue weighted by atomic mass is 15.1. The molecule has 0 radical (unpaired) electrons. The van der Waals surface area contributed by atoms with Crippen LogP contribution in [0.25, 0.3) is 0 Å². The number of nitriles is 1. The summed E-state index contributed by atoms with van der Waals surface area (Å²) in [6, 6.07) is 12.5. The molecule has 1 atom stereocenters. The standard InChI is InChI=1S/C16H23N3/c1-18-16(12-17,15-9-4-3-5-10-15)13-19(2)11-14-7-6-8-14/h3-5,9-10,14,18H,6-8,11,13H2,1-2H3. The molecule has 1 aliphatic rings. The normalized spacial score (nSPS) is 18.6. The van der Waals surface area contributed by atoms with Gasteiger partial charge in [-0.3, -0.25) is 5.32 Å². The van der Waals surface area contributed by atoms with Crippen LogP contribution in [0.15, 0.2) is 30.3 Å². The first kappa shape index (κ1) is 14.0. The Balaban J connectivity index is 2.08. The van der Waals surface area contributed by atoms with Gasteiger partial charge < -0.3 is 4.90 Å². The molecule has 0 heterocycles. The number of benzene rings is 1. The maximum Gasteiger partial charge on any atom is 0.144 e. The molecule has 0 aromatic heterocycles. The van der Waals surface area contributed by atoms with Crippen LogP contribution in [0, 0.1) is 17.2 Å². The minimum Gasteiger partial charge on any atom is -0.303 e. The summed E-state index contributed by atoms with van der Waals surface area (Å²) < 4.78 is 0. The Morgan fingerprint density at radius 1 is 1.37 bits per heavy atom. The largest absolute Gasteiger partial charge is 0.303 e. The lowest BCUT2D eigenvalue weighted by atomic mass is 9.84. The third-order valence-corrected chi connectivity index (χ3v) is 4.19. The first-order valence-corrected chi connectivity index (χ1v) is 7.04. The van der Waals surface area contributed by atoms with E-state index in [-0.39, 0.29) is 0 Å². The Morgan fingerprint density at radius 2 is 2.05 bits per heavy atom. The highest BCUT2D eigenvalue weighted by molar-refractivity contribution is 5.31. The number of nitrogens with zero attached hydrogens (tertiary/aromatic N) is 2. The minimum absolute atomic E-state index is 0.611. The lowest BCUT2D eigenvalue weighted by Crippen LogP contribution is -2.48. The van der Waals surface area contributed by atoms with E-state index in [2.05, 4.69) is 23.3 Å². The minimum atomic E-state index is -0.611. The van der Waals surface area contributed by atoms with E-state index in [4.69, 9.17) is 0 Å². The van der Waals surface area contributed by atoms with Crippen molar-refractivity contribution in [2.24, 2.45) is 5.92 Å². The average molecular weight is 257 g/mol. The van der Waals surface area contributed by atoms with Crippen molar-refractivity contribution in [3.63, 3.8) is 0 Å². The third-order valence-electron chi connectivity index (χ3n) is 4.19. The first-order chi connectivity index (χ1) is 9.20. The summed E-state index contributed by atoms with van der Waals surface area (Å²) in [5.41, 5.74) is 0.431. The van der Waals surface area contributed by atoms with Crippen LogP contribution in [0.1, 0.15) is 24.8 Å². The Morgan fingerprint density at radius 3 is 2.53 bits per heavy atom. The molecule has 0 spiro atoms. The molecule has 1 aliphatic carbocycles. The zero-order valence-electron chi connectivity index (χ0n) is 11.9. The predicted octanol–water partition coefficient (Wildman–Crippen LogP) is 2.36. The van der Waals surface area contributed by atoms with Crippen LogP contribution in [0.5, 0.6) is 0 Å². The molecule has 1 N–H and O–H groups in total. The monoisotopic (exact) mass is 257 g/mol. The molecule has 0 aliphatic heterocycles. The van der Waals surface area contributed by atoms with Crippen LogP contribution < -0.4 is 5.32 Å². The van der Waals surface area contributed by atoms with Crippen molar-refractivity contribution in [1.82, 2.24) is 10.2 Å². The molecule has 1 aromatic rings. The Bertz CT molecular complexity index is 433. The molecule has 1 fully saturated rings. The first-order valence-electron chi connectivity index (χ1n) is 7.04. The molecule has 3 heteroatoms. The molecule has 1 saturated carbocycles. The maximum atomic E-state index is 9.64. The topological polar surface area (TPSA) is 39.1 Å². The summed E-state index contributed by atoms with van der Waals surface area (Å²) in [6.45, 7) is 1.82. The maximum absolute atomic E-state index is 9.64. The fourth-order valence-electron chi connectivity index (χ4n) is 2.78. The van der Waals surface area contributed by atoms with Crippen LogP contribution in [0.4, 0.5) is 0 Å². The summed E-state index contributed by atoms with van der Waals surface area (Å²) in [5, 5.41) is 12.9. The molecule has 2 rings (SSSR count). The summed E-state index contributed by atoms with van der Waals surface area (Å²) in [6.07, 6.45) is 4.05. The van der Waals surface area contributed by atoms with Gasteiger partial charge in [-0.1, -0.05) is 36.8 Å². The number of likely N-dealkylation sites (N-methyl/N-ethyl adjacent to an activating group) is 2. The van der Waals surface area contributed by atoms with E-state index in [1.807, 2.05) is 37.4 Å². The quantitative estimate of drug-likeness (QED) is 0.850. The van der Waals surface area contributed by atoms with Gasteiger partial charge in [-0.15, -0.1) is 0 Å². The van der Waals surface area contributed by atoms with Gasteiger partial charge in [-0.2, -0.15) is 5.26 Å². The number of hydrogen-bond donors (Lipinski definition) is 1. The van der Waals surface area contributed by atoms with Crippen LogP contribution in [0.2, 0.25) is 0 Å². The molecule has 0 saturated heterocycles. The van der Waals surface area contributed by atoms with Gasteiger partial charge in [-0.05, 0) is 38.4 Å². The van der Waals surface area contributed by atoms with Crippen LogP contribution in [-0.4, -0.2) is 32.1 Å². The lowest BCUT2D eigenvalue weighted by Gasteiger charge is -2.35. The van der Waals surface area contributed by atoms with Crippen molar-refractivity contribution >= 4 is 0 Å². The molecule has 1 aromatic carbocycles. The predicted molar refractivity (Wildman–Crippen MR) is 77.6 cm³/mol. The van der Waals surface area contributed by atoms with Crippen LogP contribution in [0.3, 0.4) is 0 Å². The SMILES string of the molecule is CNC(C#N)(CN(C)CC1CCC1)c1ccccc1. The summed E-state index contributed by atoms with van der Waals surface area (Å²) >= 11 is 0. The summed E-state index contributed by atoms with van der Waals surface area (Å²) in [5.74, 6) is 0.828. The molecule has 1 unspecified atom stereocenters. The van der Waals surface area contributed by atoms with E-state index in [1.165, 1.54) is 19.3 Å². The molecule has 19 heavy (non-hydrogen) atoms. The highest BCUT2D eigenvalue weighted by Gasteiger charge is 2.32. The van der Waals surface area contributed by atoms with Gasteiger partial charge in [0.15, 0.2) is 0 Å². The molecule has 102 valence electrons. The molecule has 0 amide bonds. The second-order valence-electron chi connectivity index (χ2n) is 5.63. The number of nitrogens with one attached hydrogen (secondary N) is 1. The van der Waals surface area contributed by atoms with E-state index in [0.717, 1.165) is 24.6 Å². The van der Waals surface area contributed by atoms with Crippen molar-refractivity contribution in [3.05, 3.63) is 35.9 Å². The molecular formula is C16H23N3. The van der Waals surface area contributed by atoms with Gasteiger partial charge in [-0.25, -0.2) is 0 Å². The Kier molecular flexibility index (Phi) is 4.57. The second kappa shape index (κ2) is 6.18. The van der Waals surface area contributed by atoms with Crippen molar-refractivity contribution < 1.29 is 0 Å². The highest BCUT2D eigenvalue weighted by Crippen LogP contribution is 2.28. The van der Waals surface area contributed by atoms with E-state index < -0.39 is 5.54 Å². The van der Waals surface area contributed by atoms with E-state index in [1.54, 1.807) is 0 Å². The van der Waals surface area contributed by atoms with E-state index >= 15 is 0 Å². The van der Waals surface area contributed by atoms with Gasteiger partial charge in [0.05, 0.1) is 6.07 Å². The van der Waals surface area contributed by atoms with E-state index in [9.17, 15) is 5.26 Å². The van der Waals surface area contributed by atoms with Gasteiger partial charge in [0.25, 0.3) is 0 Å². The summed E-state index contributed by atoms with van der Waals surface area (Å²) in [7, 11) is 3.98. The van der Waals surface area contributed by atoms with Crippen LogP contribution in [-0.2, 0) is 5.54 Å². The van der Waals surface area contributed by atoms with Crippen molar-refractivity contribution in [2.45, 2.75) is 24.8 Å². The third kappa shape index (κ3) is 3.15. The van der Waals surface area contributed by atoms with Crippen molar-refractivity contribution in [3.8, 4) is 6.07 Å². The number of rotatable bonds is 6. The van der Waals surface area contributed by atoms with Gasteiger partial charge in [0.2, 0.25) is 0 Å². The zero-order chi connectivity index (χ0) is 13.7. The van der Waals surface area contributed by atoms with Gasteiger partial charge in [0, 0.05) is 13.1 Å². The fraction of sp³-hybridized carbons (Fsp3) is 0.562. The fourth-order valence-corrected chi connectivity index (χ4v) is 2.78. The Hall–Kier alpha value is -1.37. The number of hydrogen-bond acceptors (Lipinski definition) is 3. The summed E-state index contributed by atoms with van der Waals surface area (Å²) in [4.78, 5) is 2.29. The van der Waals surface area contributed by atoms with Crippen molar-refractivity contribution in [2.75, 3.05) is 27.2 Å². The van der Waals surface area contributed by atoms with Gasteiger partial charge >= 0.3 is 0 Å².